The van der Waals surface area contributed by atoms with Gasteiger partial charge < -0.3 is 4.90 Å². The fourth-order valence-electron chi connectivity index (χ4n) is 2.63. The van der Waals surface area contributed by atoms with Crippen molar-refractivity contribution in [1.29, 1.82) is 10.5 Å². The van der Waals surface area contributed by atoms with Crippen molar-refractivity contribution < 1.29 is 0 Å². The standard InChI is InChI=1S/C22H22N4/c1-5-25-16-26(4)14-18-10-20(12-21(11-18)22(2,3)15-24)19-8-6-7-17(9-19)13-23/h5-12,16H,1,14H2,2-4H3/b25-16-. The normalized spacial score (nSPS) is 11.0. The minimum absolute atomic E-state index is 0.606. The SMILES string of the molecule is C=C/N=C\N(C)Cc1cc(-c2cccc(C#N)c2)cc(C(C)(C)C#N)c1. The molecule has 0 unspecified atom stereocenters. The van der Waals surface area contributed by atoms with Crippen molar-refractivity contribution in [3.05, 3.63) is 71.9 Å². The first-order chi connectivity index (χ1) is 12.4. The number of hydrogen-bond donors (Lipinski definition) is 0. The summed E-state index contributed by atoms with van der Waals surface area (Å²) in [6.45, 7) is 8.05. The first kappa shape index (κ1) is 19.0. The van der Waals surface area contributed by atoms with Gasteiger partial charge in [0.25, 0.3) is 0 Å². The Morgan fingerprint density at radius 2 is 1.92 bits per heavy atom. The van der Waals surface area contributed by atoms with Gasteiger partial charge in [0.05, 0.1) is 29.5 Å². The molecule has 4 nitrogen and oxygen atoms in total. The van der Waals surface area contributed by atoms with Crippen LogP contribution in [0.4, 0.5) is 0 Å². The van der Waals surface area contributed by atoms with Crippen molar-refractivity contribution >= 4 is 6.34 Å². The van der Waals surface area contributed by atoms with E-state index in [1.165, 1.54) is 6.20 Å². The molecule has 0 fully saturated rings. The average molecular weight is 342 g/mol. The zero-order chi connectivity index (χ0) is 19.2. The smallest absolute Gasteiger partial charge is 0.0991 e. The Bertz CT molecular complexity index is 910. The number of aliphatic imine (C=N–C) groups is 1. The molecule has 2 aromatic carbocycles. The predicted octanol–water partition coefficient (Wildman–Crippen LogP) is 4.63. The second-order valence-corrected chi connectivity index (χ2v) is 6.71. The van der Waals surface area contributed by atoms with E-state index in [9.17, 15) is 5.26 Å². The topological polar surface area (TPSA) is 63.2 Å². The van der Waals surface area contributed by atoms with Crippen molar-refractivity contribution in [3.8, 4) is 23.3 Å². The van der Waals surface area contributed by atoms with Crippen LogP contribution in [0.2, 0.25) is 0 Å². The molecule has 26 heavy (non-hydrogen) atoms. The van der Waals surface area contributed by atoms with E-state index in [1.54, 1.807) is 12.4 Å². The molecule has 0 spiro atoms. The highest BCUT2D eigenvalue weighted by molar-refractivity contribution is 5.68. The van der Waals surface area contributed by atoms with Crippen LogP contribution in [0.3, 0.4) is 0 Å². The molecule has 0 saturated heterocycles. The van der Waals surface area contributed by atoms with Gasteiger partial charge in [-0.15, -0.1) is 0 Å². The maximum absolute atomic E-state index is 9.54. The van der Waals surface area contributed by atoms with Gasteiger partial charge in [0.1, 0.15) is 0 Å². The molecule has 0 aliphatic heterocycles. The molecule has 0 amide bonds. The van der Waals surface area contributed by atoms with Crippen LogP contribution in [0.1, 0.15) is 30.5 Å². The monoisotopic (exact) mass is 342 g/mol. The second kappa shape index (κ2) is 8.14. The first-order valence-corrected chi connectivity index (χ1v) is 8.30. The highest BCUT2D eigenvalue weighted by Crippen LogP contribution is 2.30. The van der Waals surface area contributed by atoms with Crippen LogP contribution < -0.4 is 0 Å². The van der Waals surface area contributed by atoms with Gasteiger partial charge in [-0.3, -0.25) is 0 Å². The van der Waals surface area contributed by atoms with Gasteiger partial charge in [-0.25, -0.2) is 4.99 Å². The fourth-order valence-corrected chi connectivity index (χ4v) is 2.63. The van der Waals surface area contributed by atoms with E-state index in [-0.39, 0.29) is 0 Å². The van der Waals surface area contributed by atoms with Crippen molar-refractivity contribution in [2.45, 2.75) is 25.8 Å². The molecular weight excluding hydrogens is 320 g/mol. The molecule has 0 radical (unpaired) electrons. The number of rotatable bonds is 6. The molecule has 0 heterocycles. The van der Waals surface area contributed by atoms with Gasteiger partial charge in [0, 0.05) is 19.8 Å². The zero-order valence-corrected chi connectivity index (χ0v) is 15.4. The molecule has 130 valence electrons. The summed E-state index contributed by atoms with van der Waals surface area (Å²) in [6.07, 6.45) is 3.20. The van der Waals surface area contributed by atoms with Gasteiger partial charge in [-0.2, -0.15) is 10.5 Å². The lowest BCUT2D eigenvalue weighted by Gasteiger charge is -2.21. The minimum atomic E-state index is -0.606. The largest absolute Gasteiger partial charge is 0.361 e. The molecule has 4 heteroatoms. The van der Waals surface area contributed by atoms with Crippen LogP contribution in [-0.4, -0.2) is 18.3 Å². The van der Waals surface area contributed by atoms with Gasteiger partial charge in [-0.1, -0.05) is 24.8 Å². The van der Waals surface area contributed by atoms with Crippen molar-refractivity contribution in [1.82, 2.24) is 4.90 Å². The van der Waals surface area contributed by atoms with Gasteiger partial charge in [0.15, 0.2) is 0 Å². The van der Waals surface area contributed by atoms with E-state index < -0.39 is 5.41 Å². The zero-order valence-electron chi connectivity index (χ0n) is 15.4. The Morgan fingerprint density at radius 3 is 2.58 bits per heavy atom. The molecule has 2 aromatic rings. The summed E-state index contributed by atoms with van der Waals surface area (Å²) in [7, 11) is 1.94. The lowest BCUT2D eigenvalue weighted by Crippen LogP contribution is -2.18. The lowest BCUT2D eigenvalue weighted by atomic mass is 9.83. The third-order valence-electron chi connectivity index (χ3n) is 4.12. The van der Waals surface area contributed by atoms with E-state index >= 15 is 0 Å². The number of nitrogens with zero attached hydrogens (tertiary/aromatic N) is 4. The predicted molar refractivity (Wildman–Crippen MR) is 105 cm³/mol. The molecule has 2 rings (SSSR count). The Hall–Kier alpha value is -3.37. The van der Waals surface area contributed by atoms with Crippen LogP contribution in [0.5, 0.6) is 0 Å². The fraction of sp³-hybridized carbons (Fsp3) is 0.227. The van der Waals surface area contributed by atoms with E-state index in [0.717, 1.165) is 22.3 Å². The van der Waals surface area contributed by atoms with Crippen LogP contribution in [0.15, 0.2) is 60.2 Å². The average Bonchev–Trinajstić information content (AvgIpc) is 2.66. The van der Waals surface area contributed by atoms with Crippen LogP contribution in [0.25, 0.3) is 11.1 Å². The Balaban J connectivity index is 2.54. The summed E-state index contributed by atoms with van der Waals surface area (Å²) in [5, 5.41) is 18.7. The molecule has 0 saturated carbocycles. The molecule has 0 N–H and O–H groups in total. The maximum atomic E-state index is 9.54. The first-order valence-electron chi connectivity index (χ1n) is 8.30. The Kier molecular flexibility index (Phi) is 5.94. The molecule has 0 aliphatic carbocycles. The van der Waals surface area contributed by atoms with Crippen LogP contribution >= 0.6 is 0 Å². The molecule has 0 aliphatic rings. The molecule has 0 aromatic heterocycles. The van der Waals surface area contributed by atoms with E-state index in [2.05, 4.69) is 35.8 Å². The van der Waals surface area contributed by atoms with E-state index in [0.29, 0.717) is 12.1 Å². The van der Waals surface area contributed by atoms with Crippen LogP contribution in [0, 0.1) is 22.7 Å². The molecule has 0 atom stereocenters. The third-order valence-corrected chi connectivity index (χ3v) is 4.12. The summed E-state index contributed by atoms with van der Waals surface area (Å²) in [5.74, 6) is 0. The van der Waals surface area contributed by atoms with Crippen molar-refractivity contribution in [2.24, 2.45) is 4.99 Å². The van der Waals surface area contributed by atoms with E-state index in [1.807, 2.05) is 50.1 Å². The molecular formula is C22H22N4. The number of nitriles is 2. The maximum Gasteiger partial charge on any atom is 0.0991 e. The lowest BCUT2D eigenvalue weighted by molar-refractivity contribution is 0.515. The summed E-state index contributed by atoms with van der Waals surface area (Å²) >= 11 is 0. The quantitative estimate of drug-likeness (QED) is 0.568. The second-order valence-electron chi connectivity index (χ2n) is 6.71. The van der Waals surface area contributed by atoms with Gasteiger partial charge in [0.2, 0.25) is 0 Å². The summed E-state index contributed by atoms with van der Waals surface area (Å²) in [6, 6.07) is 18.2. The highest BCUT2D eigenvalue weighted by atomic mass is 15.1. The Morgan fingerprint density at radius 1 is 1.15 bits per heavy atom. The number of hydrogen-bond acceptors (Lipinski definition) is 3. The van der Waals surface area contributed by atoms with Crippen molar-refractivity contribution in [2.75, 3.05) is 7.05 Å². The highest BCUT2D eigenvalue weighted by Gasteiger charge is 2.21. The summed E-state index contributed by atoms with van der Waals surface area (Å²) in [5.41, 5.74) is 3.98. The van der Waals surface area contributed by atoms with Gasteiger partial charge >= 0.3 is 0 Å². The van der Waals surface area contributed by atoms with Gasteiger partial charge in [-0.05, 0) is 60.4 Å². The third kappa shape index (κ3) is 4.59. The summed E-state index contributed by atoms with van der Waals surface area (Å²) in [4.78, 5) is 5.99. The Labute approximate surface area is 155 Å². The van der Waals surface area contributed by atoms with Crippen LogP contribution in [-0.2, 0) is 12.0 Å². The van der Waals surface area contributed by atoms with E-state index in [4.69, 9.17) is 5.26 Å². The van der Waals surface area contributed by atoms with Crippen molar-refractivity contribution in [3.63, 3.8) is 0 Å². The summed E-state index contributed by atoms with van der Waals surface area (Å²) < 4.78 is 0. The molecule has 0 bridgehead atoms. The minimum Gasteiger partial charge on any atom is -0.361 e. The number of benzene rings is 2.